The number of aliphatic imine (C=N–C) groups is 2. The molecule has 6 heteroatoms. The molecule has 42 heavy (non-hydrogen) atoms. The monoisotopic (exact) mass is 613 g/mol. The van der Waals surface area contributed by atoms with Crippen LogP contribution in [0.4, 0.5) is 0 Å². The summed E-state index contributed by atoms with van der Waals surface area (Å²) in [6, 6.07) is 8.53. The van der Waals surface area contributed by atoms with E-state index in [2.05, 4.69) is 107 Å². The van der Waals surface area contributed by atoms with Gasteiger partial charge < -0.3 is 10.2 Å². The zero-order chi connectivity index (χ0) is 32.3. The van der Waals surface area contributed by atoms with Crippen LogP contribution in [0.2, 0.25) is 0 Å². The predicted octanol–water partition coefficient (Wildman–Crippen LogP) is 9.02. The zero-order valence-corrected chi connectivity index (χ0v) is 29.5. The summed E-state index contributed by atoms with van der Waals surface area (Å²) in [5, 5.41) is 22.5. The van der Waals surface area contributed by atoms with Crippen molar-refractivity contribution in [3.63, 3.8) is 0 Å². The van der Waals surface area contributed by atoms with Gasteiger partial charge >= 0.3 is 21.0 Å². The molecule has 0 radical (unpaired) electrons. The Hall–Kier alpha value is -2.24. The van der Waals surface area contributed by atoms with Crippen molar-refractivity contribution >= 4 is 12.4 Å². The van der Waals surface area contributed by atoms with Crippen LogP contribution >= 0.6 is 0 Å². The predicted molar refractivity (Wildman–Crippen MR) is 173 cm³/mol. The number of phenolic OH excluding ortho intramolecular Hbond substituents is 2. The summed E-state index contributed by atoms with van der Waals surface area (Å²) in [5.41, 5.74) is 5.39. The van der Waals surface area contributed by atoms with Gasteiger partial charge in [-0.2, -0.15) is 0 Å². The van der Waals surface area contributed by atoms with Crippen LogP contribution in [-0.2, 0) is 42.7 Å². The molecule has 0 bridgehead atoms. The minimum atomic E-state index is -0.179. The molecule has 0 aromatic heterocycles. The van der Waals surface area contributed by atoms with E-state index >= 15 is 0 Å². The first-order chi connectivity index (χ1) is 19.2. The quantitative estimate of drug-likeness (QED) is 0.338. The second-order valence-corrected chi connectivity index (χ2v) is 15.9. The van der Waals surface area contributed by atoms with Gasteiger partial charge in [-0.3, -0.25) is 9.98 Å². The number of benzene rings is 2. The Bertz CT molecular complexity index is 1190. The Morgan fingerprint density at radius 2 is 0.905 bits per heavy atom. The number of rotatable bonds is 4. The minimum absolute atomic E-state index is 0.0378. The van der Waals surface area contributed by atoms with E-state index in [-0.39, 0.29) is 33.7 Å². The second-order valence-electron chi connectivity index (χ2n) is 15.9. The second kappa shape index (κ2) is 13.6. The first kappa shape index (κ1) is 36.0. The molecule has 231 valence electrons. The van der Waals surface area contributed by atoms with E-state index in [4.69, 9.17) is 13.7 Å². The van der Waals surface area contributed by atoms with Gasteiger partial charge in [0.2, 0.25) is 0 Å². The zero-order valence-electron chi connectivity index (χ0n) is 28.1. The third-order valence-corrected chi connectivity index (χ3v) is 8.13. The molecular formula is C36H54N2O3V. The SMILES string of the molecule is CC(C)(C)c1cc(C=N[C@H]2CCCC[C@@H]2N=Cc2cc(C(C)(C)C)cc(C(C)(C)C)c2O)c(O)c(C(C)(C)C)c1.[O]=[V]. The van der Waals surface area contributed by atoms with Gasteiger partial charge in [-0.25, -0.2) is 0 Å². The van der Waals surface area contributed by atoms with Crippen LogP contribution in [0.5, 0.6) is 11.5 Å². The fraction of sp³-hybridized carbons (Fsp3) is 0.611. The summed E-state index contributed by atoms with van der Waals surface area (Å²) < 4.78 is 8.19. The van der Waals surface area contributed by atoms with Crippen molar-refractivity contribution < 1.29 is 31.3 Å². The molecule has 1 fully saturated rings. The average Bonchev–Trinajstić information content (AvgIpc) is 2.86. The topological polar surface area (TPSA) is 82.2 Å². The molecule has 0 heterocycles. The first-order valence-electron chi connectivity index (χ1n) is 15.2. The van der Waals surface area contributed by atoms with Gasteiger partial charge in [0, 0.05) is 34.7 Å². The van der Waals surface area contributed by atoms with E-state index < -0.39 is 0 Å². The molecule has 0 spiro atoms. The molecule has 0 amide bonds. The van der Waals surface area contributed by atoms with E-state index in [1.54, 1.807) is 0 Å². The van der Waals surface area contributed by atoms with Crippen LogP contribution in [0.25, 0.3) is 0 Å². The van der Waals surface area contributed by atoms with Crippen molar-refractivity contribution in [2.24, 2.45) is 9.98 Å². The number of hydrogen-bond acceptors (Lipinski definition) is 5. The summed E-state index contributed by atoms with van der Waals surface area (Å²) in [6.45, 7) is 26.0. The maximum absolute atomic E-state index is 11.2. The fourth-order valence-electron chi connectivity index (χ4n) is 5.31. The van der Waals surface area contributed by atoms with Crippen LogP contribution in [0.1, 0.15) is 142 Å². The van der Waals surface area contributed by atoms with Crippen molar-refractivity contribution in [3.8, 4) is 11.5 Å². The van der Waals surface area contributed by atoms with Gasteiger partial charge in [0.25, 0.3) is 0 Å². The van der Waals surface area contributed by atoms with E-state index in [9.17, 15) is 10.2 Å². The number of hydrogen-bond donors (Lipinski definition) is 2. The van der Waals surface area contributed by atoms with E-state index in [1.807, 2.05) is 12.4 Å². The molecule has 0 unspecified atom stereocenters. The van der Waals surface area contributed by atoms with Gasteiger partial charge in [-0.05, 0) is 57.8 Å². The van der Waals surface area contributed by atoms with Crippen LogP contribution in [0, 0.1) is 0 Å². The molecule has 2 aromatic carbocycles. The molecule has 3 rings (SSSR count). The maximum atomic E-state index is 11.2. The average molecular weight is 614 g/mol. The van der Waals surface area contributed by atoms with Crippen molar-refractivity contribution in [2.45, 2.75) is 143 Å². The molecule has 0 saturated heterocycles. The summed E-state index contributed by atoms with van der Waals surface area (Å²) >= 11 is 1.06. The third-order valence-electron chi connectivity index (χ3n) is 8.13. The van der Waals surface area contributed by atoms with Crippen LogP contribution in [0.15, 0.2) is 34.3 Å². The Morgan fingerprint density at radius 3 is 1.17 bits per heavy atom. The van der Waals surface area contributed by atoms with Gasteiger partial charge in [0.1, 0.15) is 11.5 Å². The van der Waals surface area contributed by atoms with E-state index in [1.165, 1.54) is 11.1 Å². The standard InChI is InChI=1S/C36H54N2O2.O.V/c1-33(2,3)25-17-23(31(39)27(19-25)35(7,8)9)21-37-29-15-13-14-16-30(29)38-22-24-18-26(34(4,5)6)20-28(32(24)40)36(10,11)12;;/h17-22,29-30,39-40H,13-16H2,1-12H3;;/t29-,30-;;/m0../s1. The van der Waals surface area contributed by atoms with Gasteiger partial charge in [0.15, 0.2) is 0 Å². The summed E-state index contributed by atoms with van der Waals surface area (Å²) in [5.74, 6) is 0.637. The number of nitrogens with zero attached hydrogens (tertiary/aromatic N) is 2. The summed E-state index contributed by atoms with van der Waals surface area (Å²) in [7, 11) is 0. The van der Waals surface area contributed by atoms with Crippen molar-refractivity contribution in [3.05, 3.63) is 57.6 Å². The van der Waals surface area contributed by atoms with Gasteiger partial charge in [0.05, 0.1) is 12.1 Å². The van der Waals surface area contributed by atoms with Crippen molar-refractivity contribution in [2.75, 3.05) is 0 Å². The molecule has 2 N–H and O–H groups in total. The fourth-order valence-corrected chi connectivity index (χ4v) is 5.31. The van der Waals surface area contributed by atoms with Crippen LogP contribution < -0.4 is 0 Å². The van der Waals surface area contributed by atoms with Crippen LogP contribution in [0.3, 0.4) is 0 Å². The van der Waals surface area contributed by atoms with Crippen molar-refractivity contribution in [1.29, 1.82) is 0 Å². The molecule has 1 saturated carbocycles. The first-order valence-corrected chi connectivity index (χ1v) is 15.8. The molecule has 2 atom stereocenters. The molecule has 0 aliphatic heterocycles. The van der Waals surface area contributed by atoms with Crippen molar-refractivity contribution in [1.82, 2.24) is 0 Å². The Kier molecular flexibility index (Phi) is 11.6. The molecule has 1 aliphatic carbocycles. The Balaban J connectivity index is 0.00000301. The van der Waals surface area contributed by atoms with E-state index in [0.717, 1.165) is 65.3 Å². The summed E-state index contributed by atoms with van der Waals surface area (Å²) in [6.07, 6.45) is 7.90. The number of phenols is 2. The number of aromatic hydroxyl groups is 2. The molecule has 1 aliphatic rings. The van der Waals surface area contributed by atoms with E-state index in [0.29, 0.717) is 11.5 Å². The van der Waals surface area contributed by atoms with Crippen LogP contribution in [-0.4, -0.2) is 34.7 Å². The van der Waals surface area contributed by atoms with Gasteiger partial charge in [-0.1, -0.05) is 108 Å². The molecule has 2 aromatic rings. The molecule has 5 nitrogen and oxygen atoms in total. The summed E-state index contributed by atoms with van der Waals surface area (Å²) in [4.78, 5) is 10.1. The Labute approximate surface area is 264 Å². The molecular weight excluding hydrogens is 559 g/mol. The normalized spacial score (nSPS) is 18.7. The third kappa shape index (κ3) is 9.13. The van der Waals surface area contributed by atoms with Gasteiger partial charge in [-0.15, -0.1) is 0 Å². The Morgan fingerprint density at radius 1 is 0.595 bits per heavy atom.